The SMILES string of the molecule is Cc1cc2c(o1)CC(C)(C)CC2NC(=O)c1ccc(-n2cnnn2)c(C)c1. The van der Waals surface area contributed by atoms with Crippen molar-refractivity contribution in [3.05, 3.63) is 58.8 Å². The van der Waals surface area contributed by atoms with Gasteiger partial charge >= 0.3 is 0 Å². The van der Waals surface area contributed by atoms with Crippen LogP contribution in [0.3, 0.4) is 0 Å². The standard InChI is InChI=1S/C20H23N5O2/c1-12-7-14(5-6-17(12)25-11-21-23-24-25)19(26)22-16-9-20(3,4)10-18-15(16)8-13(2)27-18/h5-8,11,16H,9-10H2,1-4H3,(H,22,26). The van der Waals surface area contributed by atoms with Gasteiger partial charge in [0, 0.05) is 17.5 Å². The van der Waals surface area contributed by atoms with E-state index in [1.165, 1.54) is 6.33 Å². The molecule has 0 spiro atoms. The van der Waals surface area contributed by atoms with Gasteiger partial charge in [0.2, 0.25) is 0 Å². The summed E-state index contributed by atoms with van der Waals surface area (Å²) >= 11 is 0. The molecule has 1 N–H and O–H groups in total. The van der Waals surface area contributed by atoms with Crippen LogP contribution in [0.25, 0.3) is 5.69 Å². The molecule has 1 atom stereocenters. The van der Waals surface area contributed by atoms with Crippen LogP contribution in [-0.4, -0.2) is 26.1 Å². The van der Waals surface area contributed by atoms with E-state index in [1.54, 1.807) is 10.7 Å². The Bertz CT molecular complexity index is 988. The Hall–Kier alpha value is -2.96. The lowest BCUT2D eigenvalue weighted by Gasteiger charge is -2.34. The highest BCUT2D eigenvalue weighted by Crippen LogP contribution is 2.42. The molecule has 0 saturated carbocycles. The number of benzene rings is 1. The lowest BCUT2D eigenvalue weighted by molar-refractivity contribution is 0.0917. The molecule has 0 aliphatic heterocycles. The molecule has 4 rings (SSSR count). The fourth-order valence-corrected chi connectivity index (χ4v) is 3.88. The highest BCUT2D eigenvalue weighted by Gasteiger charge is 2.35. The van der Waals surface area contributed by atoms with Crippen molar-refractivity contribution in [3.8, 4) is 5.69 Å². The third-order valence-corrected chi connectivity index (χ3v) is 5.10. The number of aryl methyl sites for hydroxylation is 2. The van der Waals surface area contributed by atoms with Crippen LogP contribution >= 0.6 is 0 Å². The maximum absolute atomic E-state index is 12.9. The average molecular weight is 365 g/mol. The van der Waals surface area contributed by atoms with Gasteiger partial charge in [0.15, 0.2) is 0 Å². The van der Waals surface area contributed by atoms with E-state index in [0.29, 0.717) is 5.56 Å². The van der Waals surface area contributed by atoms with E-state index in [2.05, 4.69) is 34.7 Å². The molecule has 0 radical (unpaired) electrons. The number of carbonyl (C=O) groups excluding carboxylic acids is 1. The minimum atomic E-state index is -0.0890. The van der Waals surface area contributed by atoms with Crippen LogP contribution in [0.1, 0.15) is 59.3 Å². The Labute approximate surface area is 157 Å². The van der Waals surface area contributed by atoms with E-state index < -0.39 is 0 Å². The molecule has 1 amide bonds. The van der Waals surface area contributed by atoms with Gasteiger partial charge in [-0.2, -0.15) is 0 Å². The Morgan fingerprint density at radius 2 is 2.11 bits per heavy atom. The second-order valence-electron chi connectivity index (χ2n) is 8.06. The number of nitrogens with one attached hydrogen (secondary N) is 1. The fourth-order valence-electron chi connectivity index (χ4n) is 3.88. The molecule has 3 aromatic rings. The molecular formula is C20H23N5O2. The quantitative estimate of drug-likeness (QED) is 0.769. The number of nitrogens with zero attached hydrogens (tertiary/aromatic N) is 4. The van der Waals surface area contributed by atoms with Crippen LogP contribution < -0.4 is 5.32 Å². The Morgan fingerprint density at radius 1 is 1.30 bits per heavy atom. The summed E-state index contributed by atoms with van der Waals surface area (Å²) in [7, 11) is 0. The topological polar surface area (TPSA) is 85.8 Å². The summed E-state index contributed by atoms with van der Waals surface area (Å²) in [4.78, 5) is 12.9. The van der Waals surface area contributed by atoms with E-state index in [9.17, 15) is 4.79 Å². The molecule has 2 heterocycles. The van der Waals surface area contributed by atoms with E-state index in [1.807, 2.05) is 32.0 Å². The first-order valence-corrected chi connectivity index (χ1v) is 9.06. The predicted octanol–water partition coefficient (Wildman–Crippen LogP) is 3.32. The summed E-state index contributed by atoms with van der Waals surface area (Å²) < 4.78 is 7.45. The lowest BCUT2D eigenvalue weighted by atomic mass is 9.74. The zero-order valence-electron chi connectivity index (χ0n) is 16.0. The number of fused-ring (bicyclic) bond motifs is 1. The van der Waals surface area contributed by atoms with Crippen molar-refractivity contribution in [3.63, 3.8) is 0 Å². The summed E-state index contributed by atoms with van der Waals surface area (Å²) in [5.41, 5.74) is 3.58. The highest BCUT2D eigenvalue weighted by atomic mass is 16.3. The Balaban J connectivity index is 1.58. The molecule has 27 heavy (non-hydrogen) atoms. The van der Waals surface area contributed by atoms with E-state index >= 15 is 0 Å². The van der Waals surface area contributed by atoms with Gasteiger partial charge in [-0.15, -0.1) is 5.10 Å². The van der Waals surface area contributed by atoms with Gasteiger partial charge in [-0.1, -0.05) is 13.8 Å². The molecule has 0 bridgehead atoms. The normalized spacial score (nSPS) is 18.1. The lowest BCUT2D eigenvalue weighted by Crippen LogP contribution is -2.36. The number of hydrogen-bond donors (Lipinski definition) is 1. The molecule has 2 aromatic heterocycles. The first kappa shape index (κ1) is 17.5. The van der Waals surface area contributed by atoms with Gasteiger partial charge in [-0.05, 0) is 65.9 Å². The smallest absolute Gasteiger partial charge is 0.251 e. The molecule has 1 aliphatic rings. The zero-order chi connectivity index (χ0) is 19.2. The maximum atomic E-state index is 12.9. The van der Waals surface area contributed by atoms with Gasteiger partial charge < -0.3 is 9.73 Å². The van der Waals surface area contributed by atoms with Crippen molar-refractivity contribution in [1.29, 1.82) is 0 Å². The maximum Gasteiger partial charge on any atom is 0.251 e. The van der Waals surface area contributed by atoms with Crippen molar-refractivity contribution in [2.75, 3.05) is 0 Å². The third-order valence-electron chi connectivity index (χ3n) is 5.10. The number of aromatic nitrogens is 4. The van der Waals surface area contributed by atoms with Gasteiger partial charge in [0.05, 0.1) is 11.7 Å². The second-order valence-corrected chi connectivity index (χ2v) is 8.06. The van der Waals surface area contributed by atoms with Crippen LogP contribution in [0.4, 0.5) is 0 Å². The molecule has 1 aromatic carbocycles. The second kappa shape index (κ2) is 6.33. The summed E-state index contributed by atoms with van der Waals surface area (Å²) in [5.74, 6) is 1.78. The molecule has 0 fully saturated rings. The van der Waals surface area contributed by atoms with Gasteiger partial charge in [-0.3, -0.25) is 4.79 Å². The zero-order valence-corrected chi connectivity index (χ0v) is 16.0. The van der Waals surface area contributed by atoms with Crippen molar-refractivity contribution in [1.82, 2.24) is 25.5 Å². The molecule has 0 saturated heterocycles. The van der Waals surface area contributed by atoms with Crippen LogP contribution in [-0.2, 0) is 6.42 Å². The van der Waals surface area contributed by atoms with Crippen molar-refractivity contribution >= 4 is 5.91 Å². The molecular weight excluding hydrogens is 342 g/mol. The number of rotatable bonds is 3. The number of carbonyl (C=O) groups is 1. The largest absolute Gasteiger partial charge is 0.466 e. The Kier molecular flexibility index (Phi) is 4.09. The minimum absolute atomic E-state index is 0.0480. The highest BCUT2D eigenvalue weighted by molar-refractivity contribution is 5.95. The molecule has 1 aliphatic carbocycles. The number of tetrazole rings is 1. The van der Waals surface area contributed by atoms with E-state index in [4.69, 9.17) is 4.42 Å². The van der Waals surface area contributed by atoms with E-state index in [0.717, 1.165) is 41.2 Å². The minimum Gasteiger partial charge on any atom is -0.466 e. The molecule has 7 heteroatoms. The Morgan fingerprint density at radius 3 is 2.81 bits per heavy atom. The first-order chi connectivity index (χ1) is 12.8. The van der Waals surface area contributed by atoms with Crippen LogP contribution in [0, 0.1) is 19.3 Å². The van der Waals surface area contributed by atoms with Crippen LogP contribution in [0.2, 0.25) is 0 Å². The fraction of sp³-hybridized carbons (Fsp3) is 0.400. The number of amides is 1. The predicted molar refractivity (Wildman–Crippen MR) is 99.6 cm³/mol. The number of hydrogen-bond acceptors (Lipinski definition) is 5. The summed E-state index contributed by atoms with van der Waals surface area (Å²) in [6, 6.07) is 7.52. The average Bonchev–Trinajstić information content (AvgIpc) is 3.22. The van der Waals surface area contributed by atoms with Crippen molar-refractivity contribution in [2.45, 2.75) is 46.6 Å². The van der Waals surface area contributed by atoms with Crippen molar-refractivity contribution in [2.24, 2.45) is 5.41 Å². The summed E-state index contributed by atoms with van der Waals surface area (Å²) in [6.07, 6.45) is 3.31. The molecule has 1 unspecified atom stereocenters. The third kappa shape index (κ3) is 3.37. The summed E-state index contributed by atoms with van der Waals surface area (Å²) in [5, 5.41) is 14.4. The van der Waals surface area contributed by atoms with Crippen LogP contribution in [0.15, 0.2) is 35.0 Å². The molecule has 7 nitrogen and oxygen atoms in total. The first-order valence-electron chi connectivity index (χ1n) is 9.06. The van der Waals surface area contributed by atoms with Gasteiger partial charge in [0.1, 0.15) is 17.8 Å². The summed E-state index contributed by atoms with van der Waals surface area (Å²) in [6.45, 7) is 8.30. The van der Waals surface area contributed by atoms with Crippen molar-refractivity contribution < 1.29 is 9.21 Å². The van der Waals surface area contributed by atoms with Gasteiger partial charge in [-0.25, -0.2) is 4.68 Å². The van der Waals surface area contributed by atoms with Crippen LogP contribution in [0.5, 0.6) is 0 Å². The monoisotopic (exact) mass is 365 g/mol. The molecule has 140 valence electrons. The number of furan rings is 1. The van der Waals surface area contributed by atoms with Gasteiger partial charge in [0.25, 0.3) is 5.91 Å². The van der Waals surface area contributed by atoms with E-state index in [-0.39, 0.29) is 17.4 Å².